The van der Waals surface area contributed by atoms with Gasteiger partial charge in [0.1, 0.15) is 10.7 Å². The first-order valence-corrected chi connectivity index (χ1v) is 6.93. The van der Waals surface area contributed by atoms with E-state index in [1.54, 1.807) is 0 Å². The van der Waals surface area contributed by atoms with Crippen LogP contribution in [-0.4, -0.2) is 27.5 Å². The topological polar surface area (TPSA) is 58.2 Å². The molecule has 1 rings (SSSR count). The molecule has 0 fully saturated rings. The zero-order chi connectivity index (χ0) is 12.9. The van der Waals surface area contributed by atoms with Crippen LogP contribution >= 0.6 is 12.4 Å². The first kappa shape index (κ1) is 17.3. The molecule has 0 amide bonds. The van der Waals surface area contributed by atoms with Crippen molar-refractivity contribution in [1.82, 2.24) is 10.0 Å². The fourth-order valence-corrected chi connectivity index (χ4v) is 2.60. The minimum Gasteiger partial charge on any atom is -0.313 e. The van der Waals surface area contributed by atoms with Gasteiger partial charge in [0.15, 0.2) is 0 Å². The Morgan fingerprint density at radius 2 is 1.94 bits per heavy atom. The van der Waals surface area contributed by atoms with E-state index in [9.17, 15) is 12.8 Å². The number of rotatable bonds is 6. The van der Waals surface area contributed by atoms with Gasteiger partial charge >= 0.3 is 0 Å². The second kappa shape index (κ2) is 7.68. The second-order valence-corrected chi connectivity index (χ2v) is 5.48. The van der Waals surface area contributed by atoms with Gasteiger partial charge in [-0.15, -0.1) is 12.4 Å². The summed E-state index contributed by atoms with van der Waals surface area (Å²) in [5, 5.41) is 3.06. The van der Waals surface area contributed by atoms with Crippen molar-refractivity contribution in [3.63, 3.8) is 0 Å². The minimum atomic E-state index is -3.77. The molecule has 4 nitrogen and oxygen atoms in total. The van der Waals surface area contributed by atoms with Gasteiger partial charge in [0.2, 0.25) is 10.0 Å². The van der Waals surface area contributed by atoms with Crippen LogP contribution in [0, 0.1) is 5.82 Å². The number of likely N-dealkylation sites (N-methyl/N-ethyl adjacent to an activating group) is 1. The van der Waals surface area contributed by atoms with Crippen molar-refractivity contribution in [2.24, 2.45) is 0 Å². The molecule has 2 N–H and O–H groups in total. The summed E-state index contributed by atoms with van der Waals surface area (Å²) in [6.45, 7) is 4.77. The first-order chi connectivity index (χ1) is 7.97. The maximum absolute atomic E-state index is 13.3. The summed E-state index contributed by atoms with van der Waals surface area (Å²) in [4.78, 5) is -0.316. The van der Waals surface area contributed by atoms with Gasteiger partial charge in [-0.25, -0.2) is 17.5 Å². The second-order valence-electron chi connectivity index (χ2n) is 3.74. The van der Waals surface area contributed by atoms with Gasteiger partial charge in [0.05, 0.1) is 0 Å². The summed E-state index contributed by atoms with van der Waals surface area (Å²) in [5.74, 6) is -0.740. The molecule has 0 aliphatic rings. The normalized spacial score (nSPS) is 12.8. The molecule has 104 valence electrons. The number of halogens is 2. The predicted molar refractivity (Wildman–Crippen MR) is 72.0 cm³/mol. The SMILES string of the molecule is CCN[C@H](C)CNS(=O)(=O)c1ccccc1F.Cl. The highest BCUT2D eigenvalue weighted by Gasteiger charge is 2.18. The van der Waals surface area contributed by atoms with Gasteiger partial charge in [-0.1, -0.05) is 19.1 Å². The molecule has 0 bridgehead atoms. The fraction of sp³-hybridized carbons (Fsp3) is 0.455. The van der Waals surface area contributed by atoms with Gasteiger partial charge in [-0.3, -0.25) is 0 Å². The van der Waals surface area contributed by atoms with Gasteiger partial charge in [-0.2, -0.15) is 0 Å². The minimum absolute atomic E-state index is 0. The highest BCUT2D eigenvalue weighted by molar-refractivity contribution is 7.89. The molecule has 0 aliphatic heterocycles. The van der Waals surface area contributed by atoms with Crippen molar-refractivity contribution in [3.05, 3.63) is 30.1 Å². The van der Waals surface area contributed by atoms with Crippen LogP contribution in [0.25, 0.3) is 0 Å². The van der Waals surface area contributed by atoms with Crippen LogP contribution in [0.1, 0.15) is 13.8 Å². The molecular weight excluding hydrogens is 279 g/mol. The van der Waals surface area contributed by atoms with Crippen molar-refractivity contribution in [1.29, 1.82) is 0 Å². The standard InChI is InChI=1S/C11H17FN2O2S.ClH/c1-3-13-9(2)8-14-17(15,16)11-7-5-4-6-10(11)12;/h4-7,9,13-14H,3,8H2,1-2H3;1H/t9-;/m1./s1. The Bertz CT molecular complexity index is 468. The average Bonchev–Trinajstić information content (AvgIpc) is 2.27. The molecule has 1 aromatic rings. The number of benzene rings is 1. The van der Waals surface area contributed by atoms with Crippen molar-refractivity contribution in [2.75, 3.05) is 13.1 Å². The van der Waals surface area contributed by atoms with Crippen molar-refractivity contribution in [3.8, 4) is 0 Å². The zero-order valence-corrected chi connectivity index (χ0v) is 11.9. The van der Waals surface area contributed by atoms with Crippen LogP contribution in [0.2, 0.25) is 0 Å². The van der Waals surface area contributed by atoms with Crippen LogP contribution in [0.4, 0.5) is 4.39 Å². The van der Waals surface area contributed by atoms with Crippen LogP contribution in [-0.2, 0) is 10.0 Å². The molecule has 0 saturated heterocycles. The summed E-state index contributed by atoms with van der Waals surface area (Å²) in [6.07, 6.45) is 0. The summed E-state index contributed by atoms with van der Waals surface area (Å²) < 4.78 is 39.3. The van der Waals surface area contributed by atoms with Crippen molar-refractivity contribution in [2.45, 2.75) is 24.8 Å². The number of sulfonamides is 1. The van der Waals surface area contributed by atoms with E-state index in [1.165, 1.54) is 18.2 Å². The molecule has 0 saturated carbocycles. The Morgan fingerprint density at radius 3 is 2.50 bits per heavy atom. The van der Waals surface area contributed by atoms with Crippen molar-refractivity contribution >= 4 is 22.4 Å². The molecular formula is C11H18ClFN2O2S. The largest absolute Gasteiger partial charge is 0.313 e. The lowest BCUT2D eigenvalue weighted by Crippen LogP contribution is -2.38. The molecule has 0 aliphatic carbocycles. The van der Waals surface area contributed by atoms with Crippen LogP contribution in [0.15, 0.2) is 29.2 Å². The highest BCUT2D eigenvalue weighted by atomic mass is 35.5. The van der Waals surface area contributed by atoms with E-state index in [1.807, 2.05) is 13.8 Å². The molecule has 18 heavy (non-hydrogen) atoms. The molecule has 0 unspecified atom stereocenters. The summed E-state index contributed by atoms with van der Waals surface area (Å²) >= 11 is 0. The lowest BCUT2D eigenvalue weighted by molar-refractivity contribution is 0.528. The quantitative estimate of drug-likeness (QED) is 0.837. The Kier molecular flexibility index (Phi) is 7.39. The van der Waals surface area contributed by atoms with E-state index in [4.69, 9.17) is 0 Å². The third-order valence-electron chi connectivity index (χ3n) is 2.26. The maximum Gasteiger partial charge on any atom is 0.243 e. The number of nitrogens with one attached hydrogen (secondary N) is 2. The smallest absolute Gasteiger partial charge is 0.243 e. The third kappa shape index (κ3) is 4.89. The molecule has 0 heterocycles. The average molecular weight is 297 g/mol. The maximum atomic E-state index is 13.3. The summed E-state index contributed by atoms with van der Waals surface area (Å²) in [7, 11) is -3.77. The Balaban J connectivity index is 0.00000289. The third-order valence-corrected chi connectivity index (χ3v) is 3.72. The molecule has 1 aromatic carbocycles. The molecule has 0 radical (unpaired) electrons. The van der Waals surface area contributed by atoms with E-state index in [-0.39, 0.29) is 29.9 Å². The lowest BCUT2D eigenvalue weighted by atomic mass is 10.3. The fourth-order valence-electron chi connectivity index (χ4n) is 1.40. The molecule has 0 aromatic heterocycles. The lowest BCUT2D eigenvalue weighted by Gasteiger charge is -2.13. The molecule has 0 spiro atoms. The summed E-state index contributed by atoms with van der Waals surface area (Å²) in [6, 6.07) is 5.32. The van der Waals surface area contributed by atoms with Gasteiger partial charge in [-0.05, 0) is 25.6 Å². The zero-order valence-electron chi connectivity index (χ0n) is 10.3. The number of hydrogen-bond acceptors (Lipinski definition) is 3. The van der Waals surface area contributed by atoms with Crippen molar-refractivity contribution < 1.29 is 12.8 Å². The Morgan fingerprint density at radius 1 is 1.33 bits per heavy atom. The van der Waals surface area contributed by atoms with Crippen LogP contribution in [0.3, 0.4) is 0 Å². The van der Waals surface area contributed by atoms with Gasteiger partial charge in [0, 0.05) is 12.6 Å². The van der Waals surface area contributed by atoms with E-state index >= 15 is 0 Å². The Labute approximate surface area is 113 Å². The van der Waals surface area contributed by atoms with Crippen LogP contribution < -0.4 is 10.0 Å². The van der Waals surface area contributed by atoms with Gasteiger partial charge < -0.3 is 5.32 Å². The Hall–Kier alpha value is -0.690. The molecule has 1 atom stereocenters. The van der Waals surface area contributed by atoms with E-state index in [0.717, 1.165) is 12.6 Å². The number of hydrogen-bond donors (Lipinski definition) is 2. The molecule has 7 heteroatoms. The predicted octanol–water partition coefficient (Wildman–Crippen LogP) is 1.52. The van der Waals surface area contributed by atoms with E-state index < -0.39 is 15.8 Å². The first-order valence-electron chi connectivity index (χ1n) is 5.45. The summed E-state index contributed by atoms with van der Waals surface area (Å²) in [5.41, 5.74) is 0. The highest BCUT2D eigenvalue weighted by Crippen LogP contribution is 2.12. The van der Waals surface area contributed by atoms with E-state index in [0.29, 0.717) is 0 Å². The monoisotopic (exact) mass is 296 g/mol. The van der Waals surface area contributed by atoms with E-state index in [2.05, 4.69) is 10.0 Å². The van der Waals surface area contributed by atoms with Gasteiger partial charge in [0.25, 0.3) is 0 Å². The van der Waals surface area contributed by atoms with Crippen LogP contribution in [0.5, 0.6) is 0 Å².